The standard InChI is InChI=1S/C24H32N2OS/c1-16(2)23(22-14-9-17(3)15-18(22)4)26-24(28)25-19-10-12-21(13-11-19)27-20-7-5-6-8-20/h9-16,20,23H,5-8H2,1-4H3,(H2,25,26,28). The predicted octanol–water partition coefficient (Wildman–Crippen LogP) is 6.31. The zero-order chi connectivity index (χ0) is 20.1. The molecule has 2 aromatic carbocycles. The van der Waals surface area contributed by atoms with Crippen molar-refractivity contribution in [1.29, 1.82) is 0 Å². The Bertz CT molecular complexity index is 795. The lowest BCUT2D eigenvalue weighted by Crippen LogP contribution is -2.35. The fourth-order valence-corrected chi connectivity index (χ4v) is 4.15. The topological polar surface area (TPSA) is 33.3 Å². The summed E-state index contributed by atoms with van der Waals surface area (Å²) in [6, 6.07) is 14.9. The molecule has 1 saturated carbocycles. The molecule has 1 aliphatic rings. The molecule has 3 nitrogen and oxygen atoms in total. The summed E-state index contributed by atoms with van der Waals surface area (Å²) in [5, 5.41) is 7.46. The molecule has 1 unspecified atom stereocenters. The van der Waals surface area contributed by atoms with Crippen LogP contribution in [0, 0.1) is 19.8 Å². The molecular weight excluding hydrogens is 364 g/mol. The van der Waals surface area contributed by atoms with Crippen molar-refractivity contribution in [2.75, 3.05) is 5.32 Å². The van der Waals surface area contributed by atoms with Gasteiger partial charge in [0.15, 0.2) is 5.11 Å². The Labute approximate surface area is 174 Å². The number of hydrogen-bond donors (Lipinski definition) is 2. The van der Waals surface area contributed by atoms with E-state index in [1.807, 2.05) is 24.3 Å². The molecule has 150 valence electrons. The van der Waals surface area contributed by atoms with Gasteiger partial charge >= 0.3 is 0 Å². The SMILES string of the molecule is Cc1ccc(C(NC(=S)Nc2ccc(OC3CCCC3)cc2)C(C)C)c(C)c1. The third-order valence-electron chi connectivity index (χ3n) is 5.43. The molecule has 0 saturated heterocycles. The Morgan fingerprint density at radius 3 is 2.32 bits per heavy atom. The van der Waals surface area contributed by atoms with E-state index < -0.39 is 0 Å². The van der Waals surface area contributed by atoms with Crippen LogP contribution in [0.1, 0.15) is 62.3 Å². The highest BCUT2D eigenvalue weighted by molar-refractivity contribution is 7.80. The number of aryl methyl sites for hydroxylation is 2. The highest BCUT2D eigenvalue weighted by Gasteiger charge is 2.19. The Morgan fingerprint density at radius 1 is 1.04 bits per heavy atom. The Morgan fingerprint density at radius 2 is 1.71 bits per heavy atom. The Balaban J connectivity index is 1.61. The minimum Gasteiger partial charge on any atom is -0.490 e. The van der Waals surface area contributed by atoms with Crippen molar-refractivity contribution >= 4 is 23.0 Å². The van der Waals surface area contributed by atoms with E-state index >= 15 is 0 Å². The predicted molar refractivity (Wildman–Crippen MR) is 122 cm³/mol. The van der Waals surface area contributed by atoms with E-state index in [9.17, 15) is 0 Å². The van der Waals surface area contributed by atoms with Gasteiger partial charge < -0.3 is 15.4 Å². The molecule has 0 heterocycles. The summed E-state index contributed by atoms with van der Waals surface area (Å²) in [4.78, 5) is 0. The van der Waals surface area contributed by atoms with Crippen molar-refractivity contribution in [2.45, 2.75) is 65.5 Å². The van der Waals surface area contributed by atoms with Crippen LogP contribution < -0.4 is 15.4 Å². The van der Waals surface area contributed by atoms with E-state index in [1.54, 1.807) is 0 Å². The zero-order valence-corrected chi connectivity index (χ0v) is 18.2. The molecule has 4 heteroatoms. The number of nitrogens with one attached hydrogen (secondary N) is 2. The number of rotatable bonds is 6. The summed E-state index contributed by atoms with van der Waals surface area (Å²) >= 11 is 5.60. The van der Waals surface area contributed by atoms with E-state index in [-0.39, 0.29) is 6.04 Å². The van der Waals surface area contributed by atoms with E-state index in [1.165, 1.54) is 42.4 Å². The first-order chi connectivity index (χ1) is 13.4. The molecule has 0 radical (unpaired) electrons. The molecule has 0 spiro atoms. The van der Waals surface area contributed by atoms with Gasteiger partial charge in [0.25, 0.3) is 0 Å². The average Bonchev–Trinajstić information content (AvgIpc) is 3.15. The van der Waals surface area contributed by atoms with Gasteiger partial charge in [-0.3, -0.25) is 0 Å². The summed E-state index contributed by atoms with van der Waals surface area (Å²) < 4.78 is 6.04. The quantitative estimate of drug-likeness (QED) is 0.561. The summed E-state index contributed by atoms with van der Waals surface area (Å²) in [6.07, 6.45) is 5.28. The Hall–Kier alpha value is -2.07. The second-order valence-corrected chi connectivity index (χ2v) is 8.64. The molecule has 1 aliphatic carbocycles. The molecule has 0 bridgehead atoms. The highest BCUT2D eigenvalue weighted by atomic mass is 32.1. The molecule has 0 aromatic heterocycles. The maximum absolute atomic E-state index is 6.04. The molecule has 1 atom stereocenters. The van der Waals surface area contributed by atoms with Crippen molar-refractivity contribution in [3.8, 4) is 5.75 Å². The monoisotopic (exact) mass is 396 g/mol. The Kier molecular flexibility index (Phi) is 6.95. The second kappa shape index (κ2) is 9.42. The maximum atomic E-state index is 6.04. The van der Waals surface area contributed by atoms with Gasteiger partial charge in [0.1, 0.15) is 5.75 Å². The third-order valence-corrected chi connectivity index (χ3v) is 5.65. The number of ether oxygens (including phenoxy) is 1. The van der Waals surface area contributed by atoms with Crippen LogP contribution in [0.25, 0.3) is 0 Å². The van der Waals surface area contributed by atoms with Crippen molar-refractivity contribution in [3.63, 3.8) is 0 Å². The lowest BCUT2D eigenvalue weighted by molar-refractivity contribution is 0.210. The molecular formula is C24H32N2OS. The van der Waals surface area contributed by atoms with E-state index in [2.05, 4.69) is 56.5 Å². The molecule has 1 fully saturated rings. The van der Waals surface area contributed by atoms with Crippen LogP contribution in [-0.4, -0.2) is 11.2 Å². The maximum Gasteiger partial charge on any atom is 0.171 e. The number of thiocarbonyl (C=S) groups is 1. The van der Waals surface area contributed by atoms with Crippen molar-refractivity contribution in [3.05, 3.63) is 59.2 Å². The number of hydrogen-bond acceptors (Lipinski definition) is 2. The lowest BCUT2D eigenvalue weighted by Gasteiger charge is -2.26. The largest absolute Gasteiger partial charge is 0.490 e. The molecule has 2 N–H and O–H groups in total. The minimum atomic E-state index is 0.172. The summed E-state index contributed by atoms with van der Waals surface area (Å²) in [5.74, 6) is 1.36. The second-order valence-electron chi connectivity index (χ2n) is 8.23. The number of anilines is 1. The number of benzene rings is 2. The van der Waals surface area contributed by atoms with Gasteiger partial charge in [-0.05, 0) is 93.1 Å². The fraction of sp³-hybridized carbons (Fsp3) is 0.458. The molecule has 0 aliphatic heterocycles. The molecule has 0 amide bonds. The van der Waals surface area contributed by atoms with Gasteiger partial charge in [0, 0.05) is 5.69 Å². The van der Waals surface area contributed by atoms with Crippen LogP contribution >= 0.6 is 12.2 Å². The van der Waals surface area contributed by atoms with E-state index in [0.717, 1.165) is 11.4 Å². The van der Waals surface area contributed by atoms with Crippen LogP contribution in [0.3, 0.4) is 0 Å². The lowest BCUT2D eigenvalue weighted by atomic mass is 9.92. The van der Waals surface area contributed by atoms with Gasteiger partial charge in [-0.15, -0.1) is 0 Å². The first kappa shape index (κ1) is 20.7. The smallest absolute Gasteiger partial charge is 0.171 e. The summed E-state index contributed by atoms with van der Waals surface area (Å²) in [6.45, 7) is 8.73. The molecule has 3 rings (SSSR count). The highest BCUT2D eigenvalue weighted by Crippen LogP contribution is 2.27. The summed E-state index contributed by atoms with van der Waals surface area (Å²) in [7, 11) is 0. The van der Waals surface area contributed by atoms with E-state index in [4.69, 9.17) is 17.0 Å². The fourth-order valence-electron chi connectivity index (χ4n) is 3.90. The summed E-state index contributed by atoms with van der Waals surface area (Å²) in [5.41, 5.74) is 4.84. The van der Waals surface area contributed by atoms with Crippen LogP contribution in [0.4, 0.5) is 5.69 Å². The van der Waals surface area contributed by atoms with Gasteiger partial charge in [-0.2, -0.15) is 0 Å². The zero-order valence-electron chi connectivity index (χ0n) is 17.4. The van der Waals surface area contributed by atoms with Crippen molar-refractivity contribution in [1.82, 2.24) is 5.32 Å². The van der Waals surface area contributed by atoms with Crippen LogP contribution in [0.15, 0.2) is 42.5 Å². The van der Waals surface area contributed by atoms with Crippen LogP contribution in [0.2, 0.25) is 0 Å². The van der Waals surface area contributed by atoms with E-state index in [0.29, 0.717) is 17.1 Å². The van der Waals surface area contributed by atoms with Gasteiger partial charge in [-0.1, -0.05) is 37.6 Å². The normalized spacial score (nSPS) is 15.5. The average molecular weight is 397 g/mol. The van der Waals surface area contributed by atoms with Crippen molar-refractivity contribution in [2.24, 2.45) is 5.92 Å². The minimum absolute atomic E-state index is 0.172. The first-order valence-electron chi connectivity index (χ1n) is 10.3. The van der Waals surface area contributed by atoms with Gasteiger partial charge in [0.05, 0.1) is 12.1 Å². The molecule has 2 aromatic rings. The van der Waals surface area contributed by atoms with Gasteiger partial charge in [0.2, 0.25) is 0 Å². The van der Waals surface area contributed by atoms with Crippen LogP contribution in [0.5, 0.6) is 5.75 Å². The van der Waals surface area contributed by atoms with Crippen LogP contribution in [-0.2, 0) is 0 Å². The first-order valence-corrected chi connectivity index (χ1v) is 10.7. The van der Waals surface area contributed by atoms with Gasteiger partial charge in [-0.25, -0.2) is 0 Å². The van der Waals surface area contributed by atoms with Crippen molar-refractivity contribution < 1.29 is 4.74 Å². The molecule has 28 heavy (non-hydrogen) atoms. The third kappa shape index (κ3) is 5.48.